The monoisotopic (exact) mass is 305 g/mol. The number of carbonyl (C=O) groups is 1. The van der Waals surface area contributed by atoms with Crippen LogP contribution in [0, 0.1) is 0 Å². The molecular formula is C16H16ClNOS. The summed E-state index contributed by atoms with van der Waals surface area (Å²) in [7, 11) is 0. The van der Waals surface area contributed by atoms with E-state index in [-0.39, 0.29) is 11.9 Å². The summed E-state index contributed by atoms with van der Waals surface area (Å²) in [5, 5.41) is 3.72. The summed E-state index contributed by atoms with van der Waals surface area (Å²) < 4.78 is 0. The number of nitrogens with one attached hydrogen (secondary N) is 1. The molecule has 20 heavy (non-hydrogen) atoms. The first-order valence-electron chi connectivity index (χ1n) is 6.35. The van der Waals surface area contributed by atoms with Crippen molar-refractivity contribution in [3.05, 3.63) is 65.2 Å². The van der Waals surface area contributed by atoms with Crippen LogP contribution in [0.2, 0.25) is 5.02 Å². The van der Waals surface area contributed by atoms with Gasteiger partial charge in [-0.25, -0.2) is 0 Å². The molecule has 0 aliphatic heterocycles. The van der Waals surface area contributed by atoms with Crippen molar-refractivity contribution in [1.29, 1.82) is 0 Å². The lowest BCUT2D eigenvalue weighted by atomic mass is 10.1. The molecule has 0 saturated heterocycles. The zero-order valence-electron chi connectivity index (χ0n) is 11.2. The first kappa shape index (κ1) is 14.9. The van der Waals surface area contributed by atoms with Crippen molar-refractivity contribution in [3.8, 4) is 0 Å². The molecule has 1 unspecified atom stereocenters. The summed E-state index contributed by atoms with van der Waals surface area (Å²) in [6.07, 6.45) is 0. The van der Waals surface area contributed by atoms with Crippen LogP contribution in [0.15, 0.2) is 59.5 Å². The lowest BCUT2D eigenvalue weighted by Crippen LogP contribution is -2.27. The first-order chi connectivity index (χ1) is 9.65. The standard InChI is InChI=1S/C16H16ClNOS/c1-12(19)18-16(13-5-3-2-4-6-13)11-20-15-9-7-14(17)8-10-15/h2-10,16H,11H2,1H3,(H,18,19). The van der Waals surface area contributed by atoms with E-state index in [9.17, 15) is 4.79 Å². The van der Waals surface area contributed by atoms with Crippen LogP contribution < -0.4 is 5.32 Å². The molecule has 0 heterocycles. The Morgan fingerprint density at radius 2 is 1.80 bits per heavy atom. The van der Waals surface area contributed by atoms with E-state index >= 15 is 0 Å². The van der Waals surface area contributed by atoms with Gasteiger partial charge in [-0.2, -0.15) is 0 Å². The van der Waals surface area contributed by atoms with Gasteiger partial charge < -0.3 is 5.32 Å². The van der Waals surface area contributed by atoms with Gasteiger partial charge in [0, 0.05) is 22.6 Å². The van der Waals surface area contributed by atoms with Crippen LogP contribution >= 0.6 is 23.4 Å². The molecule has 4 heteroatoms. The lowest BCUT2D eigenvalue weighted by molar-refractivity contribution is -0.119. The van der Waals surface area contributed by atoms with Gasteiger partial charge in [0.1, 0.15) is 0 Å². The van der Waals surface area contributed by atoms with Crippen molar-refractivity contribution >= 4 is 29.3 Å². The van der Waals surface area contributed by atoms with Gasteiger partial charge in [-0.05, 0) is 29.8 Å². The minimum Gasteiger partial charge on any atom is -0.349 e. The lowest BCUT2D eigenvalue weighted by Gasteiger charge is -2.18. The summed E-state index contributed by atoms with van der Waals surface area (Å²) in [6, 6.07) is 17.7. The van der Waals surface area contributed by atoms with Gasteiger partial charge >= 0.3 is 0 Å². The molecule has 0 aliphatic carbocycles. The number of hydrogen-bond donors (Lipinski definition) is 1. The van der Waals surface area contributed by atoms with Crippen molar-refractivity contribution < 1.29 is 4.79 Å². The van der Waals surface area contributed by atoms with E-state index in [4.69, 9.17) is 11.6 Å². The highest BCUT2D eigenvalue weighted by Crippen LogP contribution is 2.25. The second-order valence-electron chi connectivity index (χ2n) is 4.43. The minimum atomic E-state index is -0.0180. The van der Waals surface area contributed by atoms with E-state index in [2.05, 4.69) is 5.32 Å². The molecule has 0 saturated carbocycles. The third-order valence-electron chi connectivity index (χ3n) is 2.81. The molecule has 2 nitrogen and oxygen atoms in total. The topological polar surface area (TPSA) is 29.1 Å². The number of thioether (sulfide) groups is 1. The van der Waals surface area contributed by atoms with Crippen molar-refractivity contribution in [1.82, 2.24) is 5.32 Å². The van der Waals surface area contributed by atoms with Gasteiger partial charge in [0.2, 0.25) is 5.91 Å². The van der Waals surface area contributed by atoms with Crippen LogP contribution in [-0.4, -0.2) is 11.7 Å². The third kappa shape index (κ3) is 4.58. The molecule has 104 valence electrons. The van der Waals surface area contributed by atoms with E-state index in [1.807, 2.05) is 54.6 Å². The van der Waals surface area contributed by atoms with E-state index in [1.54, 1.807) is 18.7 Å². The average molecular weight is 306 g/mol. The van der Waals surface area contributed by atoms with Gasteiger partial charge in [-0.15, -0.1) is 11.8 Å². The zero-order chi connectivity index (χ0) is 14.4. The van der Waals surface area contributed by atoms with E-state index < -0.39 is 0 Å². The molecular weight excluding hydrogens is 290 g/mol. The van der Waals surface area contributed by atoms with Gasteiger partial charge in [0.15, 0.2) is 0 Å². The maximum atomic E-state index is 11.3. The van der Waals surface area contributed by atoms with Crippen LogP contribution in [-0.2, 0) is 4.79 Å². The first-order valence-corrected chi connectivity index (χ1v) is 7.72. The molecule has 0 aliphatic rings. The number of halogens is 1. The largest absolute Gasteiger partial charge is 0.349 e. The number of rotatable bonds is 5. The zero-order valence-corrected chi connectivity index (χ0v) is 12.7. The predicted octanol–water partition coefficient (Wildman–Crippen LogP) is 4.31. The van der Waals surface area contributed by atoms with E-state index in [0.29, 0.717) is 0 Å². The summed E-state index contributed by atoms with van der Waals surface area (Å²) in [5.74, 6) is 0.765. The number of carbonyl (C=O) groups excluding carboxylic acids is 1. The summed E-state index contributed by atoms with van der Waals surface area (Å²) >= 11 is 7.57. The highest BCUT2D eigenvalue weighted by Gasteiger charge is 2.12. The molecule has 0 aromatic heterocycles. The maximum absolute atomic E-state index is 11.3. The smallest absolute Gasteiger partial charge is 0.217 e. The fourth-order valence-electron chi connectivity index (χ4n) is 1.86. The second kappa shape index (κ2) is 7.36. The molecule has 0 radical (unpaired) electrons. The summed E-state index contributed by atoms with van der Waals surface area (Å²) in [4.78, 5) is 12.5. The highest BCUT2D eigenvalue weighted by atomic mass is 35.5. The fourth-order valence-corrected chi connectivity index (χ4v) is 2.95. The normalized spacial score (nSPS) is 11.9. The minimum absolute atomic E-state index is 0.00868. The Morgan fingerprint density at radius 1 is 1.15 bits per heavy atom. The van der Waals surface area contributed by atoms with Crippen molar-refractivity contribution in [2.45, 2.75) is 17.9 Å². The van der Waals surface area contributed by atoms with Gasteiger partial charge in [0.25, 0.3) is 0 Å². The van der Waals surface area contributed by atoms with Crippen LogP contribution in [0.5, 0.6) is 0 Å². The second-order valence-corrected chi connectivity index (χ2v) is 5.96. The van der Waals surface area contributed by atoms with E-state index in [0.717, 1.165) is 21.2 Å². The molecule has 2 rings (SSSR count). The molecule has 1 amide bonds. The Labute approximate surface area is 128 Å². The third-order valence-corrected chi connectivity index (χ3v) is 4.17. The Bertz CT molecular complexity index is 556. The molecule has 2 aromatic carbocycles. The van der Waals surface area contributed by atoms with Crippen LogP contribution in [0.1, 0.15) is 18.5 Å². The Hall–Kier alpha value is -1.45. The number of hydrogen-bond acceptors (Lipinski definition) is 2. The molecule has 0 bridgehead atoms. The van der Waals surface area contributed by atoms with Crippen molar-refractivity contribution in [2.24, 2.45) is 0 Å². The average Bonchev–Trinajstić information content (AvgIpc) is 2.46. The highest BCUT2D eigenvalue weighted by molar-refractivity contribution is 7.99. The van der Waals surface area contributed by atoms with Gasteiger partial charge in [-0.1, -0.05) is 41.9 Å². The van der Waals surface area contributed by atoms with Crippen LogP contribution in [0.25, 0.3) is 0 Å². The molecule has 0 spiro atoms. The quantitative estimate of drug-likeness (QED) is 0.834. The Morgan fingerprint density at radius 3 is 2.40 bits per heavy atom. The van der Waals surface area contributed by atoms with E-state index in [1.165, 1.54) is 0 Å². The van der Waals surface area contributed by atoms with Gasteiger partial charge in [0.05, 0.1) is 6.04 Å². The number of benzene rings is 2. The van der Waals surface area contributed by atoms with Crippen LogP contribution in [0.3, 0.4) is 0 Å². The van der Waals surface area contributed by atoms with Crippen LogP contribution in [0.4, 0.5) is 0 Å². The molecule has 2 aromatic rings. The SMILES string of the molecule is CC(=O)NC(CSc1ccc(Cl)cc1)c1ccccc1. The van der Waals surface area contributed by atoms with Crippen molar-refractivity contribution in [3.63, 3.8) is 0 Å². The Balaban J connectivity index is 2.04. The molecule has 0 fully saturated rings. The Kier molecular flexibility index (Phi) is 5.50. The predicted molar refractivity (Wildman–Crippen MR) is 85.2 cm³/mol. The number of amides is 1. The summed E-state index contributed by atoms with van der Waals surface area (Å²) in [5.41, 5.74) is 1.11. The summed E-state index contributed by atoms with van der Waals surface area (Å²) in [6.45, 7) is 1.54. The van der Waals surface area contributed by atoms with Gasteiger partial charge in [-0.3, -0.25) is 4.79 Å². The molecule has 1 atom stereocenters. The maximum Gasteiger partial charge on any atom is 0.217 e. The molecule has 1 N–H and O–H groups in total. The fraction of sp³-hybridized carbons (Fsp3) is 0.188. The van der Waals surface area contributed by atoms with Crippen molar-refractivity contribution in [2.75, 3.05) is 5.75 Å².